The molecule has 0 radical (unpaired) electrons. The van der Waals surface area contributed by atoms with Gasteiger partial charge < -0.3 is 10.4 Å². The summed E-state index contributed by atoms with van der Waals surface area (Å²) in [6, 6.07) is 3.99. The van der Waals surface area contributed by atoms with Gasteiger partial charge in [0.1, 0.15) is 5.82 Å². The molecule has 0 spiro atoms. The Morgan fingerprint density at radius 1 is 1.29 bits per heavy atom. The molecule has 1 aliphatic rings. The fourth-order valence-electron chi connectivity index (χ4n) is 3.05. The summed E-state index contributed by atoms with van der Waals surface area (Å²) in [4.78, 5) is 23.5. The zero-order valence-corrected chi connectivity index (χ0v) is 12.1. The Morgan fingerprint density at radius 3 is 2.52 bits per heavy atom. The average molecular weight is 293 g/mol. The molecular formula is C16H20FNO3. The second kappa shape index (κ2) is 6.24. The number of aliphatic carboxylic acids is 1. The highest BCUT2D eigenvalue weighted by Gasteiger charge is 2.36. The summed E-state index contributed by atoms with van der Waals surface area (Å²) in [6.07, 6.45) is 4.16. The molecule has 0 aromatic heterocycles. The van der Waals surface area contributed by atoms with E-state index in [2.05, 4.69) is 5.32 Å². The van der Waals surface area contributed by atoms with Crippen LogP contribution >= 0.6 is 0 Å². The van der Waals surface area contributed by atoms with Gasteiger partial charge in [-0.05, 0) is 43.5 Å². The molecule has 1 fully saturated rings. The Labute approximate surface area is 123 Å². The summed E-state index contributed by atoms with van der Waals surface area (Å²) < 4.78 is 13.1. The smallest absolute Gasteiger partial charge is 0.305 e. The SMILES string of the molecule is Cc1cc(F)ccc1C(=O)NC1(CC(=O)O)CCCCC1. The van der Waals surface area contributed by atoms with Gasteiger partial charge in [-0.1, -0.05) is 19.3 Å². The summed E-state index contributed by atoms with van der Waals surface area (Å²) in [7, 11) is 0. The van der Waals surface area contributed by atoms with Gasteiger partial charge in [0.25, 0.3) is 5.91 Å². The number of carbonyl (C=O) groups excluding carboxylic acids is 1. The predicted molar refractivity (Wildman–Crippen MR) is 76.7 cm³/mol. The zero-order valence-electron chi connectivity index (χ0n) is 12.1. The number of hydrogen-bond donors (Lipinski definition) is 2. The number of rotatable bonds is 4. The Kier molecular flexibility index (Phi) is 4.60. The first-order valence-electron chi connectivity index (χ1n) is 7.22. The molecule has 1 amide bonds. The predicted octanol–water partition coefficient (Wildman–Crippen LogP) is 3.04. The maximum absolute atomic E-state index is 13.1. The number of benzene rings is 1. The van der Waals surface area contributed by atoms with Crippen LogP contribution in [-0.2, 0) is 4.79 Å². The van der Waals surface area contributed by atoms with E-state index >= 15 is 0 Å². The monoisotopic (exact) mass is 293 g/mol. The van der Waals surface area contributed by atoms with Gasteiger partial charge in [0.2, 0.25) is 0 Å². The second-order valence-electron chi connectivity index (χ2n) is 5.82. The molecular weight excluding hydrogens is 273 g/mol. The van der Waals surface area contributed by atoms with Crippen LogP contribution < -0.4 is 5.32 Å². The molecule has 1 aliphatic carbocycles. The molecule has 1 aromatic rings. The van der Waals surface area contributed by atoms with Crippen LogP contribution in [0.4, 0.5) is 4.39 Å². The van der Waals surface area contributed by atoms with Crippen molar-refractivity contribution in [2.45, 2.75) is 51.0 Å². The van der Waals surface area contributed by atoms with Crippen LogP contribution in [0.3, 0.4) is 0 Å². The highest BCUT2D eigenvalue weighted by molar-refractivity contribution is 5.96. The quantitative estimate of drug-likeness (QED) is 0.896. The van der Waals surface area contributed by atoms with Crippen molar-refractivity contribution in [3.8, 4) is 0 Å². The second-order valence-corrected chi connectivity index (χ2v) is 5.82. The standard InChI is InChI=1S/C16H20FNO3/c1-11-9-12(17)5-6-13(11)15(21)18-16(10-14(19)20)7-3-2-4-8-16/h5-6,9H,2-4,7-8,10H2,1H3,(H,18,21)(H,19,20). The third-order valence-electron chi connectivity index (χ3n) is 4.11. The molecule has 0 bridgehead atoms. The molecule has 21 heavy (non-hydrogen) atoms. The summed E-state index contributed by atoms with van der Waals surface area (Å²) in [5.74, 6) is -1.62. The van der Waals surface area contributed by atoms with E-state index in [1.165, 1.54) is 18.2 Å². The molecule has 5 heteroatoms. The number of carbonyl (C=O) groups is 2. The van der Waals surface area contributed by atoms with Crippen molar-refractivity contribution in [1.29, 1.82) is 0 Å². The molecule has 1 saturated carbocycles. The van der Waals surface area contributed by atoms with Gasteiger partial charge in [0.15, 0.2) is 0 Å². The molecule has 114 valence electrons. The first-order chi connectivity index (χ1) is 9.92. The highest BCUT2D eigenvalue weighted by Crippen LogP contribution is 2.31. The van der Waals surface area contributed by atoms with E-state index in [0.29, 0.717) is 24.0 Å². The number of carboxylic acids is 1. The van der Waals surface area contributed by atoms with Crippen molar-refractivity contribution < 1.29 is 19.1 Å². The summed E-state index contributed by atoms with van der Waals surface area (Å²) in [5, 5.41) is 12.0. The Hall–Kier alpha value is -1.91. The minimum atomic E-state index is -0.909. The molecule has 4 nitrogen and oxygen atoms in total. The largest absolute Gasteiger partial charge is 0.481 e. The number of hydrogen-bond acceptors (Lipinski definition) is 2. The van der Waals surface area contributed by atoms with Gasteiger partial charge in [0, 0.05) is 5.56 Å². The summed E-state index contributed by atoms with van der Waals surface area (Å²) in [6.45, 7) is 1.67. The van der Waals surface area contributed by atoms with Crippen LogP contribution in [0.5, 0.6) is 0 Å². The van der Waals surface area contributed by atoms with Crippen LogP contribution in [0.15, 0.2) is 18.2 Å². The number of nitrogens with one attached hydrogen (secondary N) is 1. The third kappa shape index (κ3) is 3.80. The fourth-order valence-corrected chi connectivity index (χ4v) is 3.05. The number of halogens is 1. The lowest BCUT2D eigenvalue weighted by atomic mass is 9.79. The highest BCUT2D eigenvalue weighted by atomic mass is 19.1. The maximum Gasteiger partial charge on any atom is 0.305 e. The Balaban J connectivity index is 2.19. The lowest BCUT2D eigenvalue weighted by Gasteiger charge is -2.37. The first kappa shape index (κ1) is 15.5. The lowest BCUT2D eigenvalue weighted by molar-refractivity contribution is -0.139. The zero-order chi connectivity index (χ0) is 15.5. The van der Waals surface area contributed by atoms with E-state index in [-0.39, 0.29) is 18.1 Å². The van der Waals surface area contributed by atoms with Crippen molar-refractivity contribution in [2.75, 3.05) is 0 Å². The van der Waals surface area contributed by atoms with Crippen LogP contribution in [0, 0.1) is 12.7 Å². The molecule has 2 rings (SSSR count). The van der Waals surface area contributed by atoms with Crippen LogP contribution in [0.2, 0.25) is 0 Å². The van der Waals surface area contributed by atoms with Gasteiger partial charge in [-0.25, -0.2) is 4.39 Å². The summed E-state index contributed by atoms with van der Waals surface area (Å²) in [5.41, 5.74) is 0.266. The van der Waals surface area contributed by atoms with E-state index < -0.39 is 11.5 Å². The van der Waals surface area contributed by atoms with E-state index in [0.717, 1.165) is 19.3 Å². The van der Waals surface area contributed by atoms with Gasteiger partial charge in [-0.3, -0.25) is 9.59 Å². The third-order valence-corrected chi connectivity index (χ3v) is 4.11. The number of aryl methyl sites for hydroxylation is 1. The Bertz CT molecular complexity index is 550. The lowest BCUT2D eigenvalue weighted by Crippen LogP contribution is -2.51. The van der Waals surface area contributed by atoms with Crippen LogP contribution in [-0.4, -0.2) is 22.5 Å². The molecule has 0 heterocycles. The minimum Gasteiger partial charge on any atom is -0.481 e. The molecule has 2 N–H and O–H groups in total. The topological polar surface area (TPSA) is 66.4 Å². The van der Waals surface area contributed by atoms with Gasteiger partial charge in [-0.2, -0.15) is 0 Å². The van der Waals surface area contributed by atoms with Gasteiger partial charge in [-0.15, -0.1) is 0 Å². The number of amides is 1. The fraction of sp³-hybridized carbons (Fsp3) is 0.500. The van der Waals surface area contributed by atoms with Crippen molar-refractivity contribution in [3.63, 3.8) is 0 Å². The van der Waals surface area contributed by atoms with Crippen molar-refractivity contribution in [2.24, 2.45) is 0 Å². The average Bonchev–Trinajstić information content (AvgIpc) is 2.38. The Morgan fingerprint density at radius 2 is 1.95 bits per heavy atom. The molecule has 0 saturated heterocycles. The number of carboxylic acid groups (broad SMARTS) is 1. The van der Waals surface area contributed by atoms with E-state index in [1.807, 2.05) is 0 Å². The van der Waals surface area contributed by atoms with Crippen molar-refractivity contribution >= 4 is 11.9 Å². The molecule has 0 aliphatic heterocycles. The maximum atomic E-state index is 13.1. The van der Waals surface area contributed by atoms with E-state index in [1.54, 1.807) is 6.92 Å². The van der Waals surface area contributed by atoms with Crippen LogP contribution in [0.25, 0.3) is 0 Å². The minimum absolute atomic E-state index is 0.0705. The van der Waals surface area contributed by atoms with Crippen molar-refractivity contribution in [3.05, 3.63) is 35.1 Å². The molecule has 0 unspecified atom stereocenters. The summed E-state index contributed by atoms with van der Waals surface area (Å²) >= 11 is 0. The molecule has 0 atom stereocenters. The van der Waals surface area contributed by atoms with E-state index in [4.69, 9.17) is 5.11 Å². The molecule has 1 aromatic carbocycles. The normalized spacial score (nSPS) is 17.2. The van der Waals surface area contributed by atoms with Gasteiger partial charge >= 0.3 is 5.97 Å². The first-order valence-corrected chi connectivity index (χ1v) is 7.22. The van der Waals surface area contributed by atoms with Crippen LogP contribution in [0.1, 0.15) is 54.4 Å². The van der Waals surface area contributed by atoms with Crippen molar-refractivity contribution in [1.82, 2.24) is 5.32 Å². The van der Waals surface area contributed by atoms with Gasteiger partial charge in [0.05, 0.1) is 12.0 Å². The van der Waals surface area contributed by atoms with E-state index in [9.17, 15) is 14.0 Å².